The van der Waals surface area contributed by atoms with Crippen molar-refractivity contribution in [1.82, 2.24) is 9.80 Å². The van der Waals surface area contributed by atoms with E-state index >= 15 is 0 Å². The van der Waals surface area contributed by atoms with Gasteiger partial charge in [0.1, 0.15) is 0 Å². The number of nitrogens with one attached hydrogen (secondary N) is 1. The largest absolute Gasteiger partial charge is 0.359 e. The zero-order chi connectivity index (χ0) is 11.4. The minimum atomic E-state index is 0.362. The van der Waals surface area contributed by atoms with Gasteiger partial charge in [0.2, 0.25) is 0 Å². The average molecular weight is 211 g/mol. The van der Waals surface area contributed by atoms with Crippen molar-refractivity contribution in [2.75, 3.05) is 26.2 Å². The van der Waals surface area contributed by atoms with Gasteiger partial charge in [-0.25, -0.2) is 0 Å². The first-order valence-corrected chi connectivity index (χ1v) is 6.17. The highest BCUT2D eigenvalue weighted by molar-refractivity contribution is 5.81. The van der Waals surface area contributed by atoms with Gasteiger partial charge in [-0.1, -0.05) is 27.7 Å². The van der Waals surface area contributed by atoms with Gasteiger partial charge in [0.25, 0.3) is 0 Å². The first-order chi connectivity index (χ1) is 7.10. The van der Waals surface area contributed by atoms with Gasteiger partial charge < -0.3 is 4.90 Å². The maximum atomic E-state index is 7.99. The highest BCUT2D eigenvalue weighted by atomic mass is 15.3. The molecule has 1 unspecified atom stereocenters. The molecule has 1 heterocycles. The number of hydrogen-bond acceptors (Lipinski definition) is 2. The monoisotopic (exact) mass is 211 g/mol. The van der Waals surface area contributed by atoms with Crippen LogP contribution >= 0.6 is 0 Å². The van der Waals surface area contributed by atoms with E-state index < -0.39 is 0 Å². The molecule has 0 aromatic heterocycles. The molecule has 0 spiro atoms. The number of likely N-dealkylation sites (tertiary alicyclic amines) is 1. The van der Waals surface area contributed by atoms with E-state index in [9.17, 15) is 0 Å². The van der Waals surface area contributed by atoms with Crippen molar-refractivity contribution in [2.24, 2.45) is 5.92 Å². The van der Waals surface area contributed by atoms with Crippen LogP contribution in [-0.2, 0) is 0 Å². The molecule has 15 heavy (non-hydrogen) atoms. The second-order valence-electron chi connectivity index (χ2n) is 4.65. The molecule has 0 aliphatic carbocycles. The SMILES string of the molecule is CCN(CC)C1CCN(C(=N)C(C)C)C1. The smallest absolute Gasteiger partial charge is 0.0984 e. The fourth-order valence-corrected chi connectivity index (χ4v) is 2.36. The summed E-state index contributed by atoms with van der Waals surface area (Å²) >= 11 is 0. The Morgan fingerprint density at radius 2 is 2.00 bits per heavy atom. The number of hydrogen-bond donors (Lipinski definition) is 1. The molecule has 1 atom stereocenters. The number of likely N-dealkylation sites (N-methyl/N-ethyl adjacent to an activating group) is 1. The highest BCUT2D eigenvalue weighted by Crippen LogP contribution is 2.17. The van der Waals surface area contributed by atoms with E-state index in [1.165, 1.54) is 6.42 Å². The van der Waals surface area contributed by atoms with Crippen molar-refractivity contribution in [3.63, 3.8) is 0 Å². The first-order valence-electron chi connectivity index (χ1n) is 6.17. The van der Waals surface area contributed by atoms with Gasteiger partial charge in [0.15, 0.2) is 0 Å². The van der Waals surface area contributed by atoms with Crippen LogP contribution in [0.1, 0.15) is 34.1 Å². The molecule has 0 bridgehead atoms. The van der Waals surface area contributed by atoms with Crippen molar-refractivity contribution in [3.8, 4) is 0 Å². The van der Waals surface area contributed by atoms with Crippen LogP contribution in [0.5, 0.6) is 0 Å². The molecule has 0 radical (unpaired) electrons. The first kappa shape index (κ1) is 12.5. The Morgan fingerprint density at radius 1 is 1.40 bits per heavy atom. The Bertz CT molecular complexity index is 209. The molecule has 88 valence electrons. The topological polar surface area (TPSA) is 30.3 Å². The Morgan fingerprint density at radius 3 is 2.47 bits per heavy atom. The summed E-state index contributed by atoms with van der Waals surface area (Å²) in [6.07, 6.45) is 1.22. The van der Waals surface area contributed by atoms with Gasteiger partial charge >= 0.3 is 0 Å². The third-order valence-corrected chi connectivity index (χ3v) is 3.38. The summed E-state index contributed by atoms with van der Waals surface area (Å²) in [7, 11) is 0. The summed E-state index contributed by atoms with van der Waals surface area (Å²) in [4.78, 5) is 4.75. The zero-order valence-electron chi connectivity index (χ0n) is 10.6. The van der Waals surface area contributed by atoms with Crippen molar-refractivity contribution in [2.45, 2.75) is 40.2 Å². The van der Waals surface area contributed by atoms with E-state index in [0.29, 0.717) is 12.0 Å². The molecule has 0 aromatic carbocycles. The quantitative estimate of drug-likeness (QED) is 0.570. The minimum Gasteiger partial charge on any atom is -0.359 e. The van der Waals surface area contributed by atoms with Crippen LogP contribution in [0.4, 0.5) is 0 Å². The Hall–Kier alpha value is -0.570. The van der Waals surface area contributed by atoms with E-state index in [1.54, 1.807) is 0 Å². The number of rotatable bonds is 4. The maximum absolute atomic E-state index is 7.99. The van der Waals surface area contributed by atoms with E-state index in [0.717, 1.165) is 32.0 Å². The summed E-state index contributed by atoms with van der Waals surface area (Å²) in [5, 5.41) is 7.99. The third kappa shape index (κ3) is 2.94. The van der Waals surface area contributed by atoms with Crippen molar-refractivity contribution >= 4 is 5.84 Å². The molecule has 0 amide bonds. The summed E-state index contributed by atoms with van der Waals surface area (Å²) in [5.74, 6) is 1.17. The van der Waals surface area contributed by atoms with Crippen LogP contribution in [0.3, 0.4) is 0 Å². The normalized spacial score (nSPS) is 21.7. The predicted molar refractivity (Wildman–Crippen MR) is 65.5 cm³/mol. The van der Waals surface area contributed by atoms with Crippen molar-refractivity contribution in [3.05, 3.63) is 0 Å². The lowest BCUT2D eigenvalue weighted by Crippen LogP contribution is -2.39. The molecule has 1 N–H and O–H groups in total. The van der Waals surface area contributed by atoms with Gasteiger partial charge in [0.05, 0.1) is 5.84 Å². The second kappa shape index (κ2) is 5.50. The molecule has 0 saturated carbocycles. The lowest BCUT2D eigenvalue weighted by Gasteiger charge is -2.27. The molecule has 3 heteroatoms. The lowest BCUT2D eigenvalue weighted by molar-refractivity contribution is 0.223. The van der Waals surface area contributed by atoms with Gasteiger partial charge in [-0.05, 0) is 19.5 Å². The maximum Gasteiger partial charge on any atom is 0.0984 e. The van der Waals surface area contributed by atoms with Crippen LogP contribution in [0, 0.1) is 11.3 Å². The second-order valence-corrected chi connectivity index (χ2v) is 4.65. The van der Waals surface area contributed by atoms with Gasteiger partial charge in [-0.15, -0.1) is 0 Å². The predicted octanol–water partition coefficient (Wildman–Crippen LogP) is 2.04. The molecular weight excluding hydrogens is 186 g/mol. The Labute approximate surface area is 94.0 Å². The molecule has 1 rings (SSSR count). The Kier molecular flexibility index (Phi) is 4.58. The average Bonchev–Trinajstić information content (AvgIpc) is 2.67. The molecule has 0 aromatic rings. The summed E-state index contributed by atoms with van der Waals surface area (Å²) in [5.41, 5.74) is 0. The van der Waals surface area contributed by atoms with Crippen LogP contribution in [0.25, 0.3) is 0 Å². The van der Waals surface area contributed by atoms with Crippen LogP contribution in [-0.4, -0.2) is 47.9 Å². The summed E-state index contributed by atoms with van der Waals surface area (Å²) in [6, 6.07) is 0.666. The van der Waals surface area contributed by atoms with Gasteiger partial charge in [0, 0.05) is 25.0 Å². The molecule has 1 saturated heterocycles. The molecule has 1 aliphatic heterocycles. The zero-order valence-corrected chi connectivity index (χ0v) is 10.6. The van der Waals surface area contributed by atoms with Crippen LogP contribution in [0.2, 0.25) is 0 Å². The molecule has 1 aliphatic rings. The molecule has 1 fully saturated rings. The van der Waals surface area contributed by atoms with E-state index in [2.05, 4.69) is 37.5 Å². The van der Waals surface area contributed by atoms with E-state index in [4.69, 9.17) is 5.41 Å². The van der Waals surface area contributed by atoms with Crippen molar-refractivity contribution < 1.29 is 0 Å². The number of amidine groups is 1. The van der Waals surface area contributed by atoms with Crippen LogP contribution in [0.15, 0.2) is 0 Å². The minimum absolute atomic E-state index is 0.362. The fourth-order valence-electron chi connectivity index (χ4n) is 2.36. The fraction of sp³-hybridized carbons (Fsp3) is 0.917. The van der Waals surface area contributed by atoms with Crippen LogP contribution < -0.4 is 0 Å². The third-order valence-electron chi connectivity index (χ3n) is 3.38. The highest BCUT2D eigenvalue weighted by Gasteiger charge is 2.28. The van der Waals surface area contributed by atoms with E-state index in [-0.39, 0.29) is 0 Å². The molecule has 3 nitrogen and oxygen atoms in total. The van der Waals surface area contributed by atoms with E-state index in [1.807, 2.05) is 0 Å². The summed E-state index contributed by atoms with van der Waals surface area (Å²) < 4.78 is 0. The number of nitrogens with zero attached hydrogens (tertiary/aromatic N) is 2. The lowest BCUT2D eigenvalue weighted by atomic mass is 10.2. The van der Waals surface area contributed by atoms with Crippen molar-refractivity contribution in [1.29, 1.82) is 5.41 Å². The Balaban J connectivity index is 2.48. The van der Waals surface area contributed by atoms with Gasteiger partial charge in [-0.3, -0.25) is 10.3 Å². The molecular formula is C12H25N3. The standard InChI is InChI=1S/C12H25N3/c1-5-14(6-2)11-7-8-15(9-11)12(13)10(3)4/h10-11,13H,5-9H2,1-4H3. The van der Waals surface area contributed by atoms with Gasteiger partial charge in [-0.2, -0.15) is 0 Å². The summed E-state index contributed by atoms with van der Waals surface area (Å²) in [6.45, 7) is 13.0.